The lowest BCUT2D eigenvalue weighted by molar-refractivity contribution is 0.0955. The van der Waals surface area contributed by atoms with Crippen LogP contribution in [-0.2, 0) is 0 Å². The van der Waals surface area contributed by atoms with Gasteiger partial charge in [0.1, 0.15) is 5.75 Å². The minimum Gasteiger partial charge on any atom is -0.508 e. The Morgan fingerprint density at radius 3 is 2.56 bits per heavy atom. The molecule has 1 heterocycles. The van der Waals surface area contributed by atoms with E-state index in [4.69, 9.17) is 23.2 Å². The zero-order valence-corrected chi connectivity index (χ0v) is 14.4. The Bertz CT molecular complexity index is 934. The van der Waals surface area contributed by atoms with E-state index in [9.17, 15) is 9.90 Å². The molecule has 3 rings (SSSR count). The summed E-state index contributed by atoms with van der Waals surface area (Å²) >= 11 is 11.7. The zero-order chi connectivity index (χ0) is 17.8. The number of carbonyl (C=O) groups is 1. The van der Waals surface area contributed by atoms with Gasteiger partial charge in [0.15, 0.2) is 0 Å². The first-order chi connectivity index (χ1) is 12.0. The monoisotopic (exact) mass is 373 g/mol. The van der Waals surface area contributed by atoms with Gasteiger partial charge in [-0.2, -0.15) is 5.10 Å². The molecule has 2 aromatic carbocycles. The number of rotatable bonds is 4. The van der Waals surface area contributed by atoms with Crippen molar-refractivity contribution in [2.45, 2.75) is 0 Å². The molecular formula is C18H13Cl2N3O2. The van der Waals surface area contributed by atoms with Crippen molar-refractivity contribution >= 4 is 35.3 Å². The van der Waals surface area contributed by atoms with Crippen molar-refractivity contribution < 1.29 is 9.90 Å². The van der Waals surface area contributed by atoms with Crippen LogP contribution in [0.15, 0.2) is 65.9 Å². The SMILES string of the molecule is O=C(N/N=C\c1cccn1-c1ccc(O)cc1)c1ccc(Cl)c(Cl)c1. The number of hydrogen-bond acceptors (Lipinski definition) is 3. The molecule has 126 valence electrons. The second-order valence-corrected chi connectivity index (χ2v) is 5.96. The number of hydrazone groups is 1. The van der Waals surface area contributed by atoms with Crippen LogP contribution in [0.2, 0.25) is 10.0 Å². The van der Waals surface area contributed by atoms with Crippen molar-refractivity contribution in [2.24, 2.45) is 5.10 Å². The molecule has 0 aliphatic rings. The third-order valence-electron chi connectivity index (χ3n) is 3.45. The number of halogens is 2. The van der Waals surface area contributed by atoms with Gasteiger partial charge in [-0.3, -0.25) is 4.79 Å². The Morgan fingerprint density at radius 1 is 1.08 bits per heavy atom. The summed E-state index contributed by atoms with van der Waals surface area (Å²) in [5.41, 5.74) is 4.43. The topological polar surface area (TPSA) is 66.6 Å². The highest BCUT2D eigenvalue weighted by Gasteiger charge is 2.07. The number of aromatic hydroxyl groups is 1. The Morgan fingerprint density at radius 2 is 1.84 bits per heavy atom. The van der Waals surface area contributed by atoms with E-state index in [1.165, 1.54) is 12.3 Å². The molecule has 0 unspecified atom stereocenters. The van der Waals surface area contributed by atoms with Gasteiger partial charge in [-0.15, -0.1) is 0 Å². The van der Waals surface area contributed by atoms with Crippen LogP contribution in [0, 0.1) is 0 Å². The van der Waals surface area contributed by atoms with Gasteiger partial charge in [0, 0.05) is 17.4 Å². The fraction of sp³-hybridized carbons (Fsp3) is 0. The maximum absolute atomic E-state index is 12.1. The molecule has 5 nitrogen and oxygen atoms in total. The summed E-state index contributed by atoms with van der Waals surface area (Å²) in [6.07, 6.45) is 3.39. The average molecular weight is 374 g/mol. The largest absolute Gasteiger partial charge is 0.508 e. The second-order valence-electron chi connectivity index (χ2n) is 5.15. The first kappa shape index (κ1) is 17.1. The van der Waals surface area contributed by atoms with E-state index in [1.54, 1.807) is 36.4 Å². The van der Waals surface area contributed by atoms with Gasteiger partial charge in [-0.05, 0) is 54.6 Å². The quantitative estimate of drug-likeness (QED) is 0.530. The fourth-order valence-corrected chi connectivity index (χ4v) is 2.50. The van der Waals surface area contributed by atoms with Crippen molar-refractivity contribution in [2.75, 3.05) is 0 Å². The predicted molar refractivity (Wildman–Crippen MR) is 99.0 cm³/mol. The molecule has 0 atom stereocenters. The van der Waals surface area contributed by atoms with Gasteiger partial charge >= 0.3 is 0 Å². The van der Waals surface area contributed by atoms with E-state index < -0.39 is 5.91 Å². The van der Waals surface area contributed by atoms with E-state index in [-0.39, 0.29) is 5.75 Å². The third-order valence-corrected chi connectivity index (χ3v) is 4.19. The number of nitrogens with zero attached hydrogens (tertiary/aromatic N) is 2. The van der Waals surface area contributed by atoms with Crippen LogP contribution in [0.5, 0.6) is 5.75 Å². The molecule has 7 heteroatoms. The van der Waals surface area contributed by atoms with Crippen molar-refractivity contribution in [1.82, 2.24) is 9.99 Å². The summed E-state index contributed by atoms with van der Waals surface area (Å²) in [5.74, 6) is -0.197. The number of phenols is 1. The number of hydrogen-bond donors (Lipinski definition) is 2. The van der Waals surface area contributed by atoms with Crippen molar-refractivity contribution in [3.8, 4) is 11.4 Å². The van der Waals surface area contributed by atoms with Crippen LogP contribution in [-0.4, -0.2) is 21.8 Å². The number of aromatic nitrogens is 1. The lowest BCUT2D eigenvalue weighted by atomic mass is 10.2. The summed E-state index contributed by atoms with van der Waals surface area (Å²) in [7, 11) is 0. The standard InChI is InChI=1S/C18H13Cl2N3O2/c19-16-8-3-12(10-17(16)20)18(25)22-21-11-14-2-1-9-23(14)13-4-6-15(24)7-5-13/h1-11,24H,(H,22,25)/b21-11-. The number of carbonyl (C=O) groups excluding carboxylic acids is 1. The summed E-state index contributed by atoms with van der Waals surface area (Å²) in [6.45, 7) is 0. The average Bonchev–Trinajstić information content (AvgIpc) is 3.06. The molecule has 0 fully saturated rings. The minimum absolute atomic E-state index is 0.194. The number of benzene rings is 2. The summed E-state index contributed by atoms with van der Waals surface area (Å²) in [4.78, 5) is 12.1. The Kier molecular flexibility index (Phi) is 5.07. The molecule has 0 aliphatic heterocycles. The molecule has 1 amide bonds. The van der Waals surface area contributed by atoms with Crippen LogP contribution in [0.3, 0.4) is 0 Å². The highest BCUT2D eigenvalue weighted by atomic mass is 35.5. The molecule has 1 aromatic heterocycles. The lowest BCUT2D eigenvalue weighted by Gasteiger charge is -2.06. The van der Waals surface area contributed by atoms with E-state index in [0.717, 1.165) is 11.4 Å². The summed E-state index contributed by atoms with van der Waals surface area (Å²) in [6, 6.07) is 15.1. The van der Waals surface area contributed by atoms with Crippen LogP contribution < -0.4 is 5.43 Å². The van der Waals surface area contributed by atoms with E-state index in [2.05, 4.69) is 10.5 Å². The van der Waals surface area contributed by atoms with Crippen LogP contribution >= 0.6 is 23.2 Å². The lowest BCUT2D eigenvalue weighted by Crippen LogP contribution is -2.17. The van der Waals surface area contributed by atoms with Crippen LogP contribution in [0.4, 0.5) is 0 Å². The zero-order valence-electron chi connectivity index (χ0n) is 12.9. The number of amides is 1. The maximum Gasteiger partial charge on any atom is 0.271 e. The van der Waals surface area contributed by atoms with E-state index in [0.29, 0.717) is 15.6 Å². The van der Waals surface area contributed by atoms with Gasteiger partial charge in [0.25, 0.3) is 5.91 Å². The van der Waals surface area contributed by atoms with Crippen molar-refractivity contribution in [3.05, 3.63) is 82.1 Å². The molecule has 0 aliphatic carbocycles. The van der Waals surface area contributed by atoms with Crippen LogP contribution in [0.1, 0.15) is 16.1 Å². The van der Waals surface area contributed by atoms with Gasteiger partial charge in [-0.1, -0.05) is 23.2 Å². The van der Waals surface area contributed by atoms with Gasteiger partial charge in [0.05, 0.1) is 22.0 Å². The van der Waals surface area contributed by atoms with Crippen LogP contribution in [0.25, 0.3) is 5.69 Å². The second kappa shape index (κ2) is 7.42. The molecule has 0 radical (unpaired) electrons. The summed E-state index contributed by atoms with van der Waals surface area (Å²) < 4.78 is 1.87. The normalized spacial score (nSPS) is 11.0. The predicted octanol–water partition coefficient (Wildman–Crippen LogP) is 4.25. The van der Waals surface area contributed by atoms with Gasteiger partial charge in [-0.25, -0.2) is 5.43 Å². The van der Waals surface area contributed by atoms with Crippen molar-refractivity contribution in [3.63, 3.8) is 0 Å². The first-order valence-electron chi connectivity index (χ1n) is 7.30. The number of phenolic OH excluding ortho intramolecular Hbond substituents is 1. The maximum atomic E-state index is 12.1. The minimum atomic E-state index is -0.391. The van der Waals surface area contributed by atoms with E-state index >= 15 is 0 Å². The molecule has 25 heavy (non-hydrogen) atoms. The Labute approximate surface area is 154 Å². The fourth-order valence-electron chi connectivity index (χ4n) is 2.21. The molecule has 0 saturated heterocycles. The molecule has 0 spiro atoms. The highest BCUT2D eigenvalue weighted by Crippen LogP contribution is 2.22. The molecule has 0 bridgehead atoms. The molecule has 3 aromatic rings. The van der Waals surface area contributed by atoms with Gasteiger partial charge in [0.2, 0.25) is 0 Å². The summed E-state index contributed by atoms with van der Waals surface area (Å²) in [5, 5.41) is 14.0. The van der Waals surface area contributed by atoms with Gasteiger partial charge < -0.3 is 9.67 Å². The van der Waals surface area contributed by atoms with E-state index in [1.807, 2.05) is 22.9 Å². The Balaban J connectivity index is 1.73. The first-order valence-corrected chi connectivity index (χ1v) is 8.05. The molecular weight excluding hydrogens is 361 g/mol. The number of nitrogens with one attached hydrogen (secondary N) is 1. The van der Waals surface area contributed by atoms with Crippen molar-refractivity contribution in [1.29, 1.82) is 0 Å². The smallest absolute Gasteiger partial charge is 0.271 e. The highest BCUT2D eigenvalue weighted by molar-refractivity contribution is 6.42. The Hall–Kier alpha value is -2.76. The molecule has 2 N–H and O–H groups in total. The third kappa shape index (κ3) is 4.02. The molecule has 0 saturated carbocycles.